The Balaban J connectivity index is 1.82. The Hall–Kier alpha value is -3.66. The van der Waals surface area contributed by atoms with Crippen molar-refractivity contribution in [2.75, 3.05) is 11.9 Å². The molecule has 0 spiro atoms. The van der Waals surface area contributed by atoms with E-state index in [1.165, 1.54) is 13.1 Å². The molecular formula is C18H16N4O3. The fourth-order valence-corrected chi connectivity index (χ4v) is 1.90. The van der Waals surface area contributed by atoms with Crippen LogP contribution in [-0.4, -0.2) is 24.6 Å². The van der Waals surface area contributed by atoms with E-state index in [9.17, 15) is 9.59 Å². The molecule has 0 saturated heterocycles. The van der Waals surface area contributed by atoms with Crippen LogP contribution >= 0.6 is 0 Å². The Labute approximate surface area is 144 Å². The SMILES string of the molecule is CC(=O)Nc1ccc(/C=N/NC(=O)COc2ccccc2C#N)cc1. The third-order valence-electron chi connectivity index (χ3n) is 3.00. The monoisotopic (exact) mass is 336 g/mol. The number of nitrogens with one attached hydrogen (secondary N) is 2. The van der Waals surface area contributed by atoms with Crippen LogP contribution in [0.25, 0.3) is 0 Å². The van der Waals surface area contributed by atoms with Gasteiger partial charge in [0.25, 0.3) is 5.91 Å². The zero-order valence-electron chi connectivity index (χ0n) is 13.5. The molecule has 0 aliphatic carbocycles. The van der Waals surface area contributed by atoms with E-state index in [-0.39, 0.29) is 12.5 Å². The van der Waals surface area contributed by atoms with Gasteiger partial charge in [0, 0.05) is 12.6 Å². The summed E-state index contributed by atoms with van der Waals surface area (Å²) >= 11 is 0. The maximum absolute atomic E-state index is 11.7. The fourth-order valence-electron chi connectivity index (χ4n) is 1.90. The Morgan fingerprint density at radius 2 is 1.92 bits per heavy atom. The molecular weight excluding hydrogens is 320 g/mol. The van der Waals surface area contributed by atoms with Gasteiger partial charge in [0.15, 0.2) is 6.61 Å². The van der Waals surface area contributed by atoms with Gasteiger partial charge in [-0.2, -0.15) is 10.4 Å². The number of ether oxygens (including phenoxy) is 1. The number of hydrazone groups is 1. The first-order valence-electron chi connectivity index (χ1n) is 7.40. The number of nitriles is 1. The van der Waals surface area contributed by atoms with Crippen LogP contribution in [-0.2, 0) is 9.59 Å². The van der Waals surface area contributed by atoms with Crippen molar-refractivity contribution in [3.8, 4) is 11.8 Å². The third kappa shape index (κ3) is 5.80. The van der Waals surface area contributed by atoms with Crippen molar-refractivity contribution >= 4 is 23.7 Å². The normalized spacial score (nSPS) is 10.1. The summed E-state index contributed by atoms with van der Waals surface area (Å²) in [6.45, 7) is 1.18. The molecule has 0 saturated carbocycles. The van der Waals surface area contributed by atoms with E-state index < -0.39 is 5.91 Å². The fraction of sp³-hybridized carbons (Fsp3) is 0.111. The molecule has 2 N–H and O–H groups in total. The number of rotatable bonds is 6. The average molecular weight is 336 g/mol. The minimum Gasteiger partial charge on any atom is -0.482 e. The maximum atomic E-state index is 11.7. The highest BCUT2D eigenvalue weighted by molar-refractivity contribution is 5.89. The quantitative estimate of drug-likeness (QED) is 0.622. The molecule has 7 heteroatoms. The Bertz CT molecular complexity index is 823. The first-order valence-corrected chi connectivity index (χ1v) is 7.40. The zero-order valence-corrected chi connectivity index (χ0v) is 13.5. The lowest BCUT2D eigenvalue weighted by Gasteiger charge is -2.06. The second-order valence-corrected chi connectivity index (χ2v) is 4.99. The summed E-state index contributed by atoms with van der Waals surface area (Å²) in [6, 6.07) is 15.6. The van der Waals surface area contributed by atoms with Crippen LogP contribution in [0.2, 0.25) is 0 Å². The van der Waals surface area contributed by atoms with Gasteiger partial charge in [0.1, 0.15) is 11.8 Å². The van der Waals surface area contributed by atoms with Gasteiger partial charge >= 0.3 is 0 Å². The summed E-state index contributed by atoms with van der Waals surface area (Å²) in [5.41, 5.74) is 4.13. The standard InChI is InChI=1S/C18H16N4O3/c1-13(23)21-16-8-6-14(7-9-16)11-20-22-18(24)12-25-17-5-3-2-4-15(17)10-19/h2-9,11H,12H2,1H3,(H,21,23)(H,22,24)/b20-11+. The molecule has 0 unspecified atom stereocenters. The number of nitrogens with zero attached hydrogens (tertiary/aromatic N) is 2. The van der Waals surface area contributed by atoms with E-state index in [1.807, 2.05) is 6.07 Å². The molecule has 0 radical (unpaired) electrons. The lowest BCUT2D eigenvalue weighted by atomic mass is 10.2. The molecule has 0 aromatic heterocycles. The van der Waals surface area contributed by atoms with Gasteiger partial charge in [-0.15, -0.1) is 0 Å². The molecule has 0 bridgehead atoms. The highest BCUT2D eigenvalue weighted by atomic mass is 16.5. The molecule has 0 fully saturated rings. The van der Waals surface area contributed by atoms with E-state index >= 15 is 0 Å². The van der Waals surface area contributed by atoms with Gasteiger partial charge in [-0.25, -0.2) is 5.43 Å². The largest absolute Gasteiger partial charge is 0.482 e. The smallest absolute Gasteiger partial charge is 0.277 e. The Morgan fingerprint density at radius 3 is 2.60 bits per heavy atom. The predicted octanol–water partition coefficient (Wildman–Crippen LogP) is 2.05. The van der Waals surface area contributed by atoms with Gasteiger partial charge in [0.05, 0.1) is 11.8 Å². The first-order chi connectivity index (χ1) is 12.1. The molecule has 2 aromatic carbocycles. The summed E-state index contributed by atoms with van der Waals surface area (Å²) in [5, 5.41) is 15.4. The number of hydrogen-bond acceptors (Lipinski definition) is 5. The Morgan fingerprint density at radius 1 is 1.20 bits per heavy atom. The van der Waals surface area contributed by atoms with Gasteiger partial charge in [-0.1, -0.05) is 24.3 Å². The molecule has 126 valence electrons. The maximum Gasteiger partial charge on any atom is 0.277 e. The zero-order chi connectivity index (χ0) is 18.1. The van der Waals surface area contributed by atoms with E-state index in [2.05, 4.69) is 15.8 Å². The number of anilines is 1. The predicted molar refractivity (Wildman–Crippen MR) is 93.1 cm³/mol. The van der Waals surface area contributed by atoms with Crippen LogP contribution in [0, 0.1) is 11.3 Å². The summed E-state index contributed by atoms with van der Waals surface area (Å²) in [5.74, 6) is -0.247. The number of carbonyl (C=O) groups is 2. The van der Waals surface area contributed by atoms with Crippen LogP contribution < -0.4 is 15.5 Å². The number of amides is 2. The lowest BCUT2D eigenvalue weighted by Crippen LogP contribution is -2.24. The van der Waals surface area contributed by atoms with Crippen molar-refractivity contribution in [3.63, 3.8) is 0 Å². The van der Waals surface area contributed by atoms with Crippen molar-refractivity contribution in [1.82, 2.24) is 5.43 Å². The number of carbonyl (C=O) groups excluding carboxylic acids is 2. The molecule has 2 amide bonds. The molecule has 7 nitrogen and oxygen atoms in total. The van der Waals surface area contributed by atoms with Gasteiger partial charge < -0.3 is 10.1 Å². The van der Waals surface area contributed by atoms with Crippen molar-refractivity contribution in [1.29, 1.82) is 5.26 Å². The second-order valence-electron chi connectivity index (χ2n) is 4.99. The minimum atomic E-state index is -0.446. The van der Waals surface area contributed by atoms with Crippen LogP contribution in [0.15, 0.2) is 53.6 Å². The van der Waals surface area contributed by atoms with Gasteiger partial charge in [-0.3, -0.25) is 9.59 Å². The number of para-hydroxylation sites is 1. The average Bonchev–Trinajstić information content (AvgIpc) is 2.61. The molecule has 2 rings (SSSR count). The van der Waals surface area contributed by atoms with E-state index in [0.717, 1.165) is 5.56 Å². The summed E-state index contributed by atoms with van der Waals surface area (Å²) in [7, 11) is 0. The highest BCUT2D eigenvalue weighted by Crippen LogP contribution is 2.16. The van der Waals surface area contributed by atoms with Gasteiger partial charge in [-0.05, 0) is 29.8 Å². The Kier molecular flexibility index (Phi) is 6.25. The summed E-state index contributed by atoms with van der Waals surface area (Å²) in [6.07, 6.45) is 1.47. The number of benzene rings is 2. The van der Waals surface area contributed by atoms with Crippen LogP contribution in [0.4, 0.5) is 5.69 Å². The van der Waals surface area contributed by atoms with Crippen LogP contribution in [0.5, 0.6) is 5.75 Å². The van der Waals surface area contributed by atoms with Crippen molar-refractivity contribution in [2.45, 2.75) is 6.92 Å². The molecule has 0 aliphatic rings. The topological polar surface area (TPSA) is 104 Å². The van der Waals surface area contributed by atoms with Crippen LogP contribution in [0.3, 0.4) is 0 Å². The van der Waals surface area contributed by atoms with Gasteiger partial charge in [0.2, 0.25) is 5.91 Å². The molecule has 0 atom stereocenters. The minimum absolute atomic E-state index is 0.147. The van der Waals surface area contributed by atoms with Crippen molar-refractivity contribution < 1.29 is 14.3 Å². The second kappa shape index (κ2) is 8.84. The third-order valence-corrected chi connectivity index (χ3v) is 3.00. The molecule has 0 heterocycles. The molecule has 25 heavy (non-hydrogen) atoms. The van der Waals surface area contributed by atoms with Crippen LogP contribution in [0.1, 0.15) is 18.1 Å². The van der Waals surface area contributed by atoms with Crippen molar-refractivity contribution in [2.24, 2.45) is 5.10 Å². The highest BCUT2D eigenvalue weighted by Gasteiger charge is 2.05. The number of hydrogen-bond donors (Lipinski definition) is 2. The van der Waals surface area contributed by atoms with Crippen molar-refractivity contribution in [3.05, 3.63) is 59.7 Å². The molecule has 0 aliphatic heterocycles. The van der Waals surface area contributed by atoms with E-state index in [4.69, 9.17) is 10.00 Å². The lowest BCUT2D eigenvalue weighted by molar-refractivity contribution is -0.123. The molecule has 2 aromatic rings. The van der Waals surface area contributed by atoms with E-state index in [1.54, 1.807) is 48.5 Å². The summed E-state index contributed by atoms with van der Waals surface area (Å²) < 4.78 is 5.30. The summed E-state index contributed by atoms with van der Waals surface area (Å²) in [4.78, 5) is 22.6. The van der Waals surface area contributed by atoms with E-state index in [0.29, 0.717) is 17.0 Å². The first kappa shape index (κ1) is 17.7.